The quantitative estimate of drug-likeness (QED) is 0.401. The monoisotopic (exact) mass is 228 g/mol. The number of carboxylic acids is 1. The minimum atomic E-state index is -1.01. The van der Waals surface area contributed by atoms with Crippen molar-refractivity contribution in [2.45, 2.75) is 6.42 Å². The zero-order valence-electron chi connectivity index (χ0n) is 7.66. The average Bonchev–Trinajstić information content (AvgIpc) is 2.19. The lowest BCUT2D eigenvalue weighted by Crippen LogP contribution is -2.30. The molecule has 6 heteroatoms. The Labute approximate surface area is 90.8 Å². The molecule has 0 bridgehead atoms. The predicted molar refractivity (Wildman–Crippen MR) is 54.4 cm³/mol. The second-order valence-corrected chi connectivity index (χ2v) is 3.26. The molecule has 0 radical (unpaired) electrons. The van der Waals surface area contributed by atoms with E-state index in [-0.39, 0.29) is 12.0 Å². The first-order valence-electron chi connectivity index (χ1n) is 4.05. The first-order valence-corrected chi connectivity index (χ1v) is 4.43. The molecule has 0 heterocycles. The molecule has 0 aromatic heterocycles. The van der Waals surface area contributed by atoms with Gasteiger partial charge in [0.05, 0.1) is 6.42 Å². The molecular weight excluding hydrogens is 220 g/mol. The first-order chi connectivity index (χ1) is 7.04. The summed E-state index contributed by atoms with van der Waals surface area (Å²) in [6, 6.07) is 4.33. The van der Waals surface area contributed by atoms with Gasteiger partial charge in [-0.1, -0.05) is 11.6 Å². The van der Waals surface area contributed by atoms with Gasteiger partial charge in [-0.05, 0) is 23.8 Å². The summed E-state index contributed by atoms with van der Waals surface area (Å²) in [5.41, 5.74) is 2.61. The third-order valence-electron chi connectivity index (χ3n) is 1.78. The van der Waals surface area contributed by atoms with E-state index in [4.69, 9.17) is 22.6 Å². The maximum Gasteiger partial charge on any atom is 0.307 e. The summed E-state index contributed by atoms with van der Waals surface area (Å²) in [4.78, 5) is 21.6. The number of hydrazine groups is 1. The fourth-order valence-electron chi connectivity index (χ4n) is 1.10. The van der Waals surface area contributed by atoms with Gasteiger partial charge in [-0.2, -0.15) is 0 Å². The van der Waals surface area contributed by atoms with Gasteiger partial charge >= 0.3 is 5.97 Å². The lowest BCUT2D eigenvalue weighted by molar-refractivity contribution is -0.136. The number of nitrogens with one attached hydrogen (secondary N) is 1. The van der Waals surface area contributed by atoms with Gasteiger partial charge in [0.2, 0.25) is 0 Å². The highest BCUT2D eigenvalue weighted by molar-refractivity contribution is 6.31. The van der Waals surface area contributed by atoms with Gasteiger partial charge in [0.1, 0.15) is 0 Å². The number of nitrogens with two attached hydrogens (primary N) is 1. The molecule has 0 fully saturated rings. The fraction of sp³-hybridized carbons (Fsp3) is 0.111. The van der Waals surface area contributed by atoms with Crippen molar-refractivity contribution < 1.29 is 14.7 Å². The molecule has 0 unspecified atom stereocenters. The zero-order chi connectivity index (χ0) is 11.4. The van der Waals surface area contributed by atoms with Gasteiger partial charge in [0.15, 0.2) is 0 Å². The molecule has 80 valence electrons. The molecule has 0 atom stereocenters. The van der Waals surface area contributed by atoms with E-state index in [0.29, 0.717) is 10.6 Å². The van der Waals surface area contributed by atoms with Crippen LogP contribution in [0, 0.1) is 0 Å². The summed E-state index contributed by atoms with van der Waals surface area (Å²) in [5, 5.41) is 8.91. The maximum atomic E-state index is 11.1. The predicted octanol–water partition coefficient (Wildman–Crippen LogP) is 0.571. The minimum absolute atomic E-state index is 0.232. The Morgan fingerprint density at radius 1 is 1.47 bits per heavy atom. The summed E-state index contributed by atoms with van der Waals surface area (Å²) in [6.45, 7) is 0. The van der Waals surface area contributed by atoms with Gasteiger partial charge < -0.3 is 5.11 Å². The lowest BCUT2D eigenvalue weighted by Gasteiger charge is -2.04. The Balaban J connectivity index is 3.05. The Bertz CT molecular complexity index is 406. The number of carbonyl (C=O) groups excluding carboxylic acids is 1. The second kappa shape index (κ2) is 4.77. The number of carbonyl (C=O) groups is 2. The maximum absolute atomic E-state index is 11.1. The van der Waals surface area contributed by atoms with Gasteiger partial charge in [0.25, 0.3) is 5.91 Å². The summed E-state index contributed by atoms with van der Waals surface area (Å²) in [5.74, 6) is 3.45. The third-order valence-corrected chi connectivity index (χ3v) is 2.15. The van der Waals surface area contributed by atoms with Crippen molar-refractivity contribution >= 4 is 23.5 Å². The van der Waals surface area contributed by atoms with Crippen LogP contribution in [-0.2, 0) is 11.2 Å². The second-order valence-electron chi connectivity index (χ2n) is 2.85. The molecular formula is C9H9ClN2O3. The summed E-state index contributed by atoms with van der Waals surface area (Å²) in [6.07, 6.45) is -0.232. The number of carboxylic acid groups (broad SMARTS) is 1. The smallest absolute Gasteiger partial charge is 0.307 e. The standard InChI is InChI=1S/C9H9ClN2O3/c10-7-2-1-5(9(15)12-11)3-6(7)4-8(13)14/h1-3H,4,11H2,(H,12,15)(H,13,14). The largest absolute Gasteiger partial charge is 0.481 e. The van der Waals surface area contributed by atoms with E-state index in [1.54, 1.807) is 0 Å². The highest BCUT2D eigenvalue weighted by Gasteiger charge is 2.09. The number of nitrogen functional groups attached to an aromatic ring is 1. The Morgan fingerprint density at radius 3 is 2.67 bits per heavy atom. The number of hydrogen-bond donors (Lipinski definition) is 3. The van der Waals surface area contributed by atoms with Crippen molar-refractivity contribution in [1.29, 1.82) is 0 Å². The fourth-order valence-corrected chi connectivity index (χ4v) is 1.28. The van der Waals surface area contributed by atoms with Crippen molar-refractivity contribution in [1.82, 2.24) is 5.43 Å². The molecule has 1 rings (SSSR count). The van der Waals surface area contributed by atoms with Crippen molar-refractivity contribution in [3.8, 4) is 0 Å². The summed E-state index contributed by atoms with van der Waals surface area (Å²) < 4.78 is 0. The molecule has 5 nitrogen and oxygen atoms in total. The van der Waals surface area contributed by atoms with E-state index in [1.807, 2.05) is 5.43 Å². The number of halogens is 1. The summed E-state index contributed by atoms with van der Waals surface area (Å²) in [7, 11) is 0. The number of rotatable bonds is 3. The Kier molecular flexibility index (Phi) is 3.65. The SMILES string of the molecule is NNC(=O)c1ccc(Cl)c(CC(=O)O)c1. The molecule has 0 aliphatic carbocycles. The van der Waals surface area contributed by atoms with Gasteiger partial charge in [-0.15, -0.1) is 0 Å². The van der Waals surface area contributed by atoms with Gasteiger partial charge in [0, 0.05) is 10.6 Å². The summed E-state index contributed by atoms with van der Waals surface area (Å²) >= 11 is 5.76. The molecule has 0 aliphatic heterocycles. The number of benzene rings is 1. The van der Waals surface area contributed by atoms with Crippen LogP contribution in [-0.4, -0.2) is 17.0 Å². The Morgan fingerprint density at radius 2 is 2.13 bits per heavy atom. The molecule has 4 N–H and O–H groups in total. The molecule has 0 saturated carbocycles. The van der Waals surface area contributed by atoms with Crippen LogP contribution in [0.2, 0.25) is 5.02 Å². The van der Waals surface area contributed by atoms with Crippen molar-refractivity contribution in [2.75, 3.05) is 0 Å². The number of aliphatic carboxylic acids is 1. The van der Waals surface area contributed by atoms with Crippen LogP contribution in [0.5, 0.6) is 0 Å². The van der Waals surface area contributed by atoms with E-state index in [9.17, 15) is 9.59 Å². The van der Waals surface area contributed by atoms with Crippen molar-refractivity contribution in [2.24, 2.45) is 5.84 Å². The van der Waals surface area contributed by atoms with E-state index in [1.165, 1.54) is 18.2 Å². The lowest BCUT2D eigenvalue weighted by atomic mass is 10.1. The van der Waals surface area contributed by atoms with E-state index < -0.39 is 11.9 Å². The zero-order valence-corrected chi connectivity index (χ0v) is 8.41. The van der Waals surface area contributed by atoms with Crippen LogP contribution in [0.4, 0.5) is 0 Å². The third kappa shape index (κ3) is 2.93. The van der Waals surface area contributed by atoms with E-state index >= 15 is 0 Å². The van der Waals surface area contributed by atoms with Gasteiger partial charge in [-0.25, -0.2) is 5.84 Å². The van der Waals surface area contributed by atoms with Crippen molar-refractivity contribution in [3.63, 3.8) is 0 Å². The molecule has 0 aliphatic rings. The van der Waals surface area contributed by atoms with Crippen molar-refractivity contribution in [3.05, 3.63) is 34.3 Å². The van der Waals surface area contributed by atoms with Crippen LogP contribution in [0.1, 0.15) is 15.9 Å². The molecule has 0 saturated heterocycles. The minimum Gasteiger partial charge on any atom is -0.481 e. The topological polar surface area (TPSA) is 92.4 Å². The Hall–Kier alpha value is -1.59. The van der Waals surface area contributed by atoms with Crippen LogP contribution in [0.25, 0.3) is 0 Å². The van der Waals surface area contributed by atoms with Crippen LogP contribution in [0.3, 0.4) is 0 Å². The number of hydrogen-bond acceptors (Lipinski definition) is 3. The average molecular weight is 229 g/mol. The highest BCUT2D eigenvalue weighted by atomic mass is 35.5. The van der Waals surface area contributed by atoms with Crippen LogP contribution < -0.4 is 11.3 Å². The molecule has 0 spiro atoms. The number of amides is 1. The van der Waals surface area contributed by atoms with Gasteiger partial charge in [-0.3, -0.25) is 15.0 Å². The van der Waals surface area contributed by atoms with E-state index in [0.717, 1.165) is 0 Å². The van der Waals surface area contributed by atoms with Crippen LogP contribution in [0.15, 0.2) is 18.2 Å². The molecule has 1 amide bonds. The first kappa shape index (κ1) is 11.5. The normalized spacial score (nSPS) is 9.73. The van der Waals surface area contributed by atoms with Crippen LogP contribution >= 0.6 is 11.6 Å². The molecule has 15 heavy (non-hydrogen) atoms. The van der Waals surface area contributed by atoms with E-state index in [2.05, 4.69) is 0 Å². The highest BCUT2D eigenvalue weighted by Crippen LogP contribution is 2.18. The molecule has 1 aromatic rings. The molecule has 1 aromatic carbocycles.